The summed E-state index contributed by atoms with van der Waals surface area (Å²) in [6.07, 6.45) is 3.68. The third kappa shape index (κ3) is 2.04. The Hall–Kier alpha value is -2.46. The molecular formula is C17H13N3S. The molecule has 0 spiro atoms. The zero-order chi connectivity index (χ0) is 14.2. The summed E-state index contributed by atoms with van der Waals surface area (Å²) < 4.78 is 3.39. The topological polar surface area (TPSA) is 30.7 Å². The molecule has 3 nitrogen and oxygen atoms in total. The van der Waals surface area contributed by atoms with Gasteiger partial charge >= 0.3 is 0 Å². The molecule has 4 heteroatoms. The van der Waals surface area contributed by atoms with Gasteiger partial charge in [-0.05, 0) is 36.4 Å². The van der Waals surface area contributed by atoms with Gasteiger partial charge in [-0.25, -0.2) is 4.98 Å². The van der Waals surface area contributed by atoms with Crippen LogP contribution in [0.5, 0.6) is 0 Å². The maximum Gasteiger partial charge on any atom is 0.141 e. The fraction of sp³-hybridized carbons (Fsp3) is 0.0588. The maximum absolute atomic E-state index is 4.73. The van der Waals surface area contributed by atoms with Crippen molar-refractivity contribution >= 4 is 21.6 Å². The van der Waals surface area contributed by atoms with Crippen LogP contribution in [-0.2, 0) is 7.05 Å². The number of para-hydroxylation sites is 1. The van der Waals surface area contributed by atoms with Crippen LogP contribution in [0.25, 0.3) is 32.2 Å². The molecule has 0 fully saturated rings. The Morgan fingerprint density at radius 3 is 2.62 bits per heavy atom. The van der Waals surface area contributed by atoms with Crippen molar-refractivity contribution in [2.75, 3.05) is 0 Å². The predicted octanol–water partition coefficient (Wildman–Crippen LogP) is 4.36. The Morgan fingerprint density at radius 2 is 1.81 bits per heavy atom. The van der Waals surface area contributed by atoms with Crippen LogP contribution in [0.3, 0.4) is 0 Å². The number of rotatable bonds is 2. The van der Waals surface area contributed by atoms with Crippen LogP contribution >= 0.6 is 11.3 Å². The summed E-state index contributed by atoms with van der Waals surface area (Å²) >= 11 is 1.73. The Kier molecular flexibility index (Phi) is 2.82. The first-order chi connectivity index (χ1) is 10.3. The number of aromatic nitrogens is 3. The Labute approximate surface area is 126 Å². The van der Waals surface area contributed by atoms with Crippen molar-refractivity contribution in [3.63, 3.8) is 0 Å². The zero-order valence-corrected chi connectivity index (χ0v) is 12.3. The second kappa shape index (κ2) is 4.82. The van der Waals surface area contributed by atoms with Crippen molar-refractivity contribution in [1.82, 2.24) is 14.5 Å². The van der Waals surface area contributed by atoms with E-state index >= 15 is 0 Å². The van der Waals surface area contributed by atoms with Crippen LogP contribution in [0.1, 0.15) is 0 Å². The average molecular weight is 291 g/mol. The third-order valence-electron chi connectivity index (χ3n) is 3.59. The lowest BCUT2D eigenvalue weighted by Crippen LogP contribution is -1.94. The highest BCUT2D eigenvalue weighted by molar-refractivity contribution is 7.21. The quantitative estimate of drug-likeness (QED) is 0.549. The summed E-state index contributed by atoms with van der Waals surface area (Å²) in [5.74, 6) is 0. The van der Waals surface area contributed by atoms with Crippen molar-refractivity contribution in [2.24, 2.45) is 7.05 Å². The number of pyridine rings is 1. The van der Waals surface area contributed by atoms with Gasteiger partial charge in [0.05, 0.1) is 15.9 Å². The fourth-order valence-corrected chi connectivity index (χ4v) is 3.54. The van der Waals surface area contributed by atoms with Gasteiger partial charge in [-0.2, -0.15) is 0 Å². The molecular weight excluding hydrogens is 278 g/mol. The van der Waals surface area contributed by atoms with E-state index in [0.29, 0.717) is 0 Å². The molecule has 0 radical (unpaired) electrons. The molecule has 0 unspecified atom stereocenters. The van der Waals surface area contributed by atoms with Crippen LogP contribution in [0.15, 0.2) is 60.9 Å². The summed E-state index contributed by atoms with van der Waals surface area (Å²) in [6, 6.07) is 16.5. The standard InChI is InChI=1S/C17H13N3S/c1-20-14(12-5-4-10-18-11-12)8-9-15(20)17-19-13-6-2-3-7-16(13)21-17/h2-11H,1H3. The van der Waals surface area contributed by atoms with Gasteiger partial charge in [0.25, 0.3) is 0 Å². The second-order valence-corrected chi connectivity index (χ2v) is 5.92. The van der Waals surface area contributed by atoms with Crippen LogP contribution in [0, 0.1) is 0 Å². The Bertz CT molecular complexity index is 873. The first kappa shape index (κ1) is 12.3. The summed E-state index contributed by atoms with van der Waals surface area (Å²) in [5.41, 5.74) is 4.46. The molecule has 0 aliphatic rings. The molecule has 0 amide bonds. The van der Waals surface area contributed by atoms with E-state index in [0.717, 1.165) is 27.5 Å². The molecule has 3 heterocycles. The molecule has 0 atom stereocenters. The minimum Gasteiger partial charge on any atom is -0.342 e. The molecule has 4 rings (SSSR count). The lowest BCUT2D eigenvalue weighted by molar-refractivity contribution is 0.943. The lowest BCUT2D eigenvalue weighted by Gasteiger charge is -2.05. The number of hydrogen-bond donors (Lipinski definition) is 0. The normalized spacial score (nSPS) is 11.1. The molecule has 0 saturated heterocycles. The van der Waals surface area contributed by atoms with Gasteiger partial charge in [0.1, 0.15) is 5.01 Å². The van der Waals surface area contributed by atoms with Gasteiger partial charge in [0.2, 0.25) is 0 Å². The van der Waals surface area contributed by atoms with Crippen molar-refractivity contribution in [3.8, 4) is 22.0 Å². The van der Waals surface area contributed by atoms with Gasteiger partial charge in [0, 0.05) is 30.7 Å². The van der Waals surface area contributed by atoms with E-state index in [1.807, 2.05) is 18.3 Å². The summed E-state index contributed by atoms with van der Waals surface area (Å²) in [6.45, 7) is 0. The van der Waals surface area contributed by atoms with Gasteiger partial charge in [0.15, 0.2) is 0 Å². The van der Waals surface area contributed by atoms with Crippen molar-refractivity contribution < 1.29 is 0 Å². The van der Waals surface area contributed by atoms with E-state index in [1.165, 1.54) is 4.70 Å². The first-order valence-corrected chi connectivity index (χ1v) is 7.56. The van der Waals surface area contributed by atoms with E-state index in [9.17, 15) is 0 Å². The number of thiazole rings is 1. The van der Waals surface area contributed by atoms with Crippen molar-refractivity contribution in [2.45, 2.75) is 0 Å². The summed E-state index contributed by atoms with van der Waals surface area (Å²) in [7, 11) is 2.07. The van der Waals surface area contributed by atoms with Gasteiger partial charge < -0.3 is 4.57 Å². The molecule has 4 aromatic rings. The van der Waals surface area contributed by atoms with Crippen molar-refractivity contribution in [3.05, 3.63) is 60.9 Å². The average Bonchev–Trinajstić information content (AvgIpc) is 3.11. The molecule has 0 saturated carbocycles. The molecule has 0 bridgehead atoms. The first-order valence-electron chi connectivity index (χ1n) is 6.75. The van der Waals surface area contributed by atoms with Crippen LogP contribution in [0.2, 0.25) is 0 Å². The molecule has 0 N–H and O–H groups in total. The van der Waals surface area contributed by atoms with E-state index in [1.54, 1.807) is 17.5 Å². The van der Waals surface area contributed by atoms with Crippen LogP contribution < -0.4 is 0 Å². The maximum atomic E-state index is 4.73. The fourth-order valence-electron chi connectivity index (χ4n) is 2.51. The third-order valence-corrected chi connectivity index (χ3v) is 4.65. The minimum absolute atomic E-state index is 1.05. The highest BCUT2D eigenvalue weighted by Crippen LogP contribution is 2.32. The molecule has 3 aromatic heterocycles. The molecule has 0 aliphatic carbocycles. The zero-order valence-electron chi connectivity index (χ0n) is 11.5. The highest BCUT2D eigenvalue weighted by Gasteiger charge is 2.12. The second-order valence-electron chi connectivity index (χ2n) is 4.89. The van der Waals surface area contributed by atoms with Crippen molar-refractivity contribution in [1.29, 1.82) is 0 Å². The number of benzene rings is 1. The van der Waals surface area contributed by atoms with Gasteiger partial charge in [-0.3, -0.25) is 4.98 Å². The number of fused-ring (bicyclic) bond motifs is 1. The molecule has 1 aromatic carbocycles. The van der Waals surface area contributed by atoms with Crippen LogP contribution in [-0.4, -0.2) is 14.5 Å². The monoisotopic (exact) mass is 291 g/mol. The highest BCUT2D eigenvalue weighted by atomic mass is 32.1. The van der Waals surface area contributed by atoms with Gasteiger partial charge in [-0.15, -0.1) is 11.3 Å². The smallest absolute Gasteiger partial charge is 0.141 e. The molecule has 0 aliphatic heterocycles. The number of nitrogens with zero attached hydrogens (tertiary/aromatic N) is 3. The summed E-state index contributed by atoms with van der Waals surface area (Å²) in [4.78, 5) is 8.93. The predicted molar refractivity (Wildman–Crippen MR) is 87.3 cm³/mol. The molecule has 21 heavy (non-hydrogen) atoms. The van der Waals surface area contributed by atoms with Crippen LogP contribution in [0.4, 0.5) is 0 Å². The van der Waals surface area contributed by atoms with E-state index in [-0.39, 0.29) is 0 Å². The summed E-state index contributed by atoms with van der Waals surface area (Å²) in [5, 5.41) is 1.05. The van der Waals surface area contributed by atoms with Gasteiger partial charge in [-0.1, -0.05) is 12.1 Å². The van der Waals surface area contributed by atoms with E-state index in [2.05, 4.69) is 53.0 Å². The lowest BCUT2D eigenvalue weighted by atomic mass is 10.2. The molecule has 102 valence electrons. The van der Waals surface area contributed by atoms with E-state index in [4.69, 9.17) is 4.98 Å². The SMILES string of the molecule is Cn1c(-c2cccnc2)ccc1-c1nc2ccccc2s1. The minimum atomic E-state index is 1.05. The van der Waals surface area contributed by atoms with E-state index < -0.39 is 0 Å². The number of hydrogen-bond acceptors (Lipinski definition) is 3. The largest absolute Gasteiger partial charge is 0.342 e. The Morgan fingerprint density at radius 1 is 0.952 bits per heavy atom. The Balaban J connectivity index is 1.85.